The highest BCUT2D eigenvalue weighted by molar-refractivity contribution is 7.07. The minimum absolute atomic E-state index is 0. The van der Waals surface area contributed by atoms with Crippen LogP contribution in [0.25, 0.3) is 0 Å². The molecular formula is C11H17ClN2O2S. The first-order chi connectivity index (χ1) is 7.71. The Morgan fingerprint density at radius 3 is 2.82 bits per heavy atom. The number of rotatable bonds is 3. The third-order valence-electron chi connectivity index (χ3n) is 2.87. The Morgan fingerprint density at radius 1 is 1.53 bits per heavy atom. The van der Waals surface area contributed by atoms with Crippen molar-refractivity contribution in [1.82, 2.24) is 5.32 Å². The van der Waals surface area contributed by atoms with E-state index in [0.29, 0.717) is 32.6 Å². The minimum Gasteiger partial charge on any atom is -0.381 e. The van der Waals surface area contributed by atoms with Gasteiger partial charge in [-0.15, -0.1) is 12.4 Å². The maximum atomic E-state index is 11.9. The van der Waals surface area contributed by atoms with Gasteiger partial charge in [0.05, 0.1) is 5.54 Å². The lowest BCUT2D eigenvalue weighted by atomic mass is 9.90. The van der Waals surface area contributed by atoms with Gasteiger partial charge in [0.1, 0.15) is 0 Å². The first kappa shape index (κ1) is 14.4. The second kappa shape index (κ2) is 6.35. The molecule has 6 heteroatoms. The molecule has 96 valence electrons. The van der Waals surface area contributed by atoms with E-state index < -0.39 is 5.54 Å². The molecule has 1 saturated heterocycles. The maximum Gasteiger partial charge on any atom is 0.240 e. The summed E-state index contributed by atoms with van der Waals surface area (Å²) in [6, 6.07) is 2.00. The van der Waals surface area contributed by atoms with Crippen LogP contribution in [-0.2, 0) is 16.1 Å². The fourth-order valence-corrected chi connectivity index (χ4v) is 2.38. The van der Waals surface area contributed by atoms with Crippen molar-refractivity contribution >= 4 is 29.7 Å². The molecule has 0 aromatic carbocycles. The number of carbonyl (C=O) groups excluding carboxylic acids is 1. The Morgan fingerprint density at radius 2 is 2.24 bits per heavy atom. The van der Waals surface area contributed by atoms with E-state index in [1.54, 1.807) is 11.3 Å². The van der Waals surface area contributed by atoms with Gasteiger partial charge in [-0.2, -0.15) is 11.3 Å². The summed E-state index contributed by atoms with van der Waals surface area (Å²) in [6.45, 7) is 1.70. The van der Waals surface area contributed by atoms with Gasteiger partial charge in [-0.25, -0.2) is 0 Å². The topological polar surface area (TPSA) is 64.4 Å². The molecule has 17 heavy (non-hydrogen) atoms. The second-order valence-electron chi connectivity index (χ2n) is 4.08. The van der Waals surface area contributed by atoms with Crippen LogP contribution in [0.5, 0.6) is 0 Å². The molecule has 0 bridgehead atoms. The van der Waals surface area contributed by atoms with E-state index in [2.05, 4.69) is 5.32 Å². The van der Waals surface area contributed by atoms with Gasteiger partial charge in [0, 0.05) is 19.8 Å². The number of nitrogens with one attached hydrogen (secondary N) is 1. The quantitative estimate of drug-likeness (QED) is 0.875. The Balaban J connectivity index is 0.00000144. The molecular weight excluding hydrogens is 260 g/mol. The first-order valence-corrected chi connectivity index (χ1v) is 6.31. The van der Waals surface area contributed by atoms with Gasteiger partial charge in [-0.3, -0.25) is 4.79 Å². The van der Waals surface area contributed by atoms with Crippen LogP contribution in [0.15, 0.2) is 16.8 Å². The van der Waals surface area contributed by atoms with Crippen molar-refractivity contribution in [3.8, 4) is 0 Å². The van der Waals surface area contributed by atoms with Crippen molar-refractivity contribution in [3.63, 3.8) is 0 Å². The number of amides is 1. The largest absolute Gasteiger partial charge is 0.381 e. The van der Waals surface area contributed by atoms with E-state index >= 15 is 0 Å². The highest BCUT2D eigenvalue weighted by Crippen LogP contribution is 2.18. The molecule has 1 aliphatic heterocycles. The van der Waals surface area contributed by atoms with Crippen molar-refractivity contribution in [2.75, 3.05) is 13.2 Å². The third kappa shape index (κ3) is 3.67. The van der Waals surface area contributed by atoms with Gasteiger partial charge in [0.25, 0.3) is 0 Å². The van der Waals surface area contributed by atoms with Crippen LogP contribution in [0.4, 0.5) is 0 Å². The Hall–Kier alpha value is -0.620. The number of thiophene rings is 1. The number of hydrogen-bond acceptors (Lipinski definition) is 4. The Bertz CT molecular complexity index is 350. The molecule has 1 fully saturated rings. The Labute approximate surface area is 111 Å². The molecule has 3 N–H and O–H groups in total. The van der Waals surface area contributed by atoms with Crippen molar-refractivity contribution in [1.29, 1.82) is 0 Å². The standard InChI is InChI=1S/C11H16N2O2S.ClH/c12-11(2-4-15-5-3-11)10(14)13-7-9-1-6-16-8-9;/h1,6,8H,2-5,7,12H2,(H,13,14);1H. The highest BCUT2D eigenvalue weighted by atomic mass is 35.5. The van der Waals surface area contributed by atoms with E-state index in [1.165, 1.54) is 0 Å². The Kier molecular flexibility index (Phi) is 5.39. The lowest BCUT2D eigenvalue weighted by Gasteiger charge is -2.31. The normalized spacial score (nSPS) is 18.2. The van der Waals surface area contributed by atoms with Crippen LogP contribution < -0.4 is 11.1 Å². The molecule has 0 saturated carbocycles. The zero-order chi connectivity index (χ0) is 11.4. The fourth-order valence-electron chi connectivity index (χ4n) is 1.71. The molecule has 1 aliphatic rings. The third-order valence-corrected chi connectivity index (χ3v) is 3.60. The van der Waals surface area contributed by atoms with Crippen LogP contribution >= 0.6 is 23.7 Å². The zero-order valence-electron chi connectivity index (χ0n) is 9.48. The summed E-state index contributed by atoms with van der Waals surface area (Å²) in [5.41, 5.74) is 6.43. The number of hydrogen-bond donors (Lipinski definition) is 2. The van der Waals surface area contributed by atoms with Crippen LogP contribution in [0.1, 0.15) is 18.4 Å². The number of carbonyl (C=O) groups is 1. The molecule has 0 aliphatic carbocycles. The average Bonchev–Trinajstić information content (AvgIpc) is 2.79. The van der Waals surface area contributed by atoms with Crippen LogP contribution in [0, 0.1) is 0 Å². The molecule has 4 nitrogen and oxygen atoms in total. The van der Waals surface area contributed by atoms with Crippen LogP contribution in [0.3, 0.4) is 0 Å². The van der Waals surface area contributed by atoms with E-state index in [4.69, 9.17) is 10.5 Å². The summed E-state index contributed by atoms with van der Waals surface area (Å²) >= 11 is 1.62. The molecule has 2 heterocycles. The van der Waals surface area contributed by atoms with Crippen LogP contribution in [0.2, 0.25) is 0 Å². The van der Waals surface area contributed by atoms with Crippen molar-refractivity contribution < 1.29 is 9.53 Å². The predicted octanol–water partition coefficient (Wildman–Crippen LogP) is 1.29. The van der Waals surface area contributed by atoms with Gasteiger partial charge >= 0.3 is 0 Å². The van der Waals surface area contributed by atoms with E-state index in [1.807, 2.05) is 16.8 Å². The molecule has 1 aromatic heterocycles. The molecule has 1 amide bonds. The lowest BCUT2D eigenvalue weighted by Crippen LogP contribution is -2.56. The van der Waals surface area contributed by atoms with E-state index in [0.717, 1.165) is 5.56 Å². The second-order valence-corrected chi connectivity index (χ2v) is 4.86. The van der Waals surface area contributed by atoms with E-state index in [9.17, 15) is 4.79 Å². The number of nitrogens with two attached hydrogens (primary N) is 1. The first-order valence-electron chi connectivity index (χ1n) is 5.37. The predicted molar refractivity (Wildman–Crippen MR) is 70.4 cm³/mol. The molecule has 0 unspecified atom stereocenters. The maximum absolute atomic E-state index is 11.9. The van der Waals surface area contributed by atoms with Crippen molar-refractivity contribution in [3.05, 3.63) is 22.4 Å². The minimum atomic E-state index is -0.742. The monoisotopic (exact) mass is 276 g/mol. The van der Waals surface area contributed by atoms with Crippen molar-refractivity contribution in [2.24, 2.45) is 5.73 Å². The summed E-state index contributed by atoms with van der Waals surface area (Å²) in [4.78, 5) is 11.9. The summed E-state index contributed by atoms with van der Waals surface area (Å²) in [6.07, 6.45) is 1.20. The smallest absolute Gasteiger partial charge is 0.240 e. The molecule has 0 atom stereocenters. The number of ether oxygens (including phenoxy) is 1. The SMILES string of the molecule is Cl.NC1(C(=O)NCc2ccsc2)CCOCC1. The van der Waals surface area contributed by atoms with Gasteiger partial charge < -0.3 is 15.8 Å². The molecule has 0 spiro atoms. The van der Waals surface area contributed by atoms with Gasteiger partial charge in [0.2, 0.25) is 5.91 Å². The summed E-state index contributed by atoms with van der Waals surface area (Å²) in [5.74, 6) is -0.0676. The molecule has 2 rings (SSSR count). The molecule has 0 radical (unpaired) electrons. The summed E-state index contributed by atoms with van der Waals surface area (Å²) < 4.78 is 5.21. The average molecular weight is 277 g/mol. The van der Waals surface area contributed by atoms with E-state index in [-0.39, 0.29) is 18.3 Å². The van der Waals surface area contributed by atoms with Gasteiger partial charge in [0.15, 0.2) is 0 Å². The zero-order valence-corrected chi connectivity index (χ0v) is 11.1. The van der Waals surface area contributed by atoms with Crippen LogP contribution in [-0.4, -0.2) is 24.7 Å². The van der Waals surface area contributed by atoms with Gasteiger partial charge in [-0.1, -0.05) is 0 Å². The van der Waals surface area contributed by atoms with Gasteiger partial charge in [-0.05, 0) is 35.2 Å². The summed E-state index contributed by atoms with van der Waals surface area (Å²) in [5, 5.41) is 6.90. The molecule has 1 aromatic rings. The summed E-state index contributed by atoms with van der Waals surface area (Å²) in [7, 11) is 0. The highest BCUT2D eigenvalue weighted by Gasteiger charge is 2.35. The lowest BCUT2D eigenvalue weighted by molar-refractivity contribution is -0.129. The van der Waals surface area contributed by atoms with Crippen molar-refractivity contribution in [2.45, 2.75) is 24.9 Å². The fraction of sp³-hybridized carbons (Fsp3) is 0.545. The number of halogens is 1.